The van der Waals surface area contributed by atoms with Crippen molar-refractivity contribution >= 4 is 6.09 Å². The fraction of sp³-hybridized carbons (Fsp3) is 0.923. The molecule has 1 aliphatic heterocycles. The Morgan fingerprint density at radius 2 is 2.00 bits per heavy atom. The van der Waals surface area contributed by atoms with Crippen molar-refractivity contribution < 1.29 is 9.53 Å². The zero-order valence-corrected chi connectivity index (χ0v) is 10.7. The molecule has 2 unspecified atom stereocenters. The average Bonchev–Trinajstić information content (AvgIpc) is 2.79. The molecule has 0 aromatic rings. The van der Waals surface area contributed by atoms with Crippen LogP contribution in [-0.4, -0.2) is 30.8 Å². The van der Waals surface area contributed by atoms with Gasteiger partial charge in [0.15, 0.2) is 0 Å². The third-order valence-electron chi connectivity index (χ3n) is 3.78. The molecule has 0 spiro atoms. The maximum Gasteiger partial charge on any atom is 0.407 e. The van der Waals surface area contributed by atoms with Crippen molar-refractivity contribution in [2.75, 3.05) is 6.54 Å². The third-order valence-corrected chi connectivity index (χ3v) is 3.78. The third kappa shape index (κ3) is 4.19. The Balaban J connectivity index is 1.61. The SMILES string of the molecule is CC1CCCC(CNC(=O)OC2CCCC2)N1. The van der Waals surface area contributed by atoms with Gasteiger partial charge < -0.3 is 15.4 Å². The fourth-order valence-electron chi connectivity index (χ4n) is 2.81. The van der Waals surface area contributed by atoms with E-state index in [1.807, 2.05) is 0 Å². The number of rotatable bonds is 3. The second kappa shape index (κ2) is 6.24. The van der Waals surface area contributed by atoms with Crippen LogP contribution in [0.3, 0.4) is 0 Å². The Hall–Kier alpha value is -0.770. The van der Waals surface area contributed by atoms with Gasteiger partial charge in [-0.15, -0.1) is 0 Å². The quantitative estimate of drug-likeness (QED) is 0.795. The summed E-state index contributed by atoms with van der Waals surface area (Å²) >= 11 is 0. The van der Waals surface area contributed by atoms with Crippen LogP contribution in [0.25, 0.3) is 0 Å². The van der Waals surface area contributed by atoms with Crippen molar-refractivity contribution in [3.05, 3.63) is 0 Å². The van der Waals surface area contributed by atoms with E-state index in [2.05, 4.69) is 17.6 Å². The van der Waals surface area contributed by atoms with Crippen LogP contribution >= 0.6 is 0 Å². The summed E-state index contributed by atoms with van der Waals surface area (Å²) in [6.07, 6.45) is 8.01. The summed E-state index contributed by atoms with van der Waals surface area (Å²) in [6.45, 7) is 2.89. The van der Waals surface area contributed by atoms with Crippen LogP contribution in [0.15, 0.2) is 0 Å². The van der Waals surface area contributed by atoms with Crippen LogP contribution in [0.1, 0.15) is 51.9 Å². The zero-order valence-electron chi connectivity index (χ0n) is 10.7. The molecule has 2 N–H and O–H groups in total. The lowest BCUT2D eigenvalue weighted by atomic mass is 10.00. The van der Waals surface area contributed by atoms with Crippen molar-refractivity contribution in [1.29, 1.82) is 0 Å². The van der Waals surface area contributed by atoms with E-state index in [9.17, 15) is 4.79 Å². The van der Waals surface area contributed by atoms with Crippen molar-refractivity contribution in [3.63, 3.8) is 0 Å². The van der Waals surface area contributed by atoms with Gasteiger partial charge in [-0.1, -0.05) is 6.42 Å². The van der Waals surface area contributed by atoms with E-state index in [4.69, 9.17) is 4.74 Å². The second-order valence-electron chi connectivity index (χ2n) is 5.39. The standard InChI is InChI=1S/C13H24N2O2/c1-10-5-4-6-11(15-10)9-14-13(16)17-12-7-2-3-8-12/h10-12,15H,2-9H2,1H3,(H,14,16). The van der Waals surface area contributed by atoms with Crippen LogP contribution < -0.4 is 10.6 Å². The molecule has 2 aliphatic rings. The molecule has 1 heterocycles. The number of piperidine rings is 1. The molecule has 2 rings (SSSR count). The summed E-state index contributed by atoms with van der Waals surface area (Å²) in [6, 6.07) is 0.983. The summed E-state index contributed by atoms with van der Waals surface area (Å²) in [5.74, 6) is 0. The van der Waals surface area contributed by atoms with Gasteiger partial charge in [0.1, 0.15) is 6.10 Å². The minimum absolute atomic E-state index is 0.160. The van der Waals surface area contributed by atoms with E-state index in [1.165, 1.54) is 25.7 Å². The lowest BCUT2D eigenvalue weighted by molar-refractivity contribution is 0.0996. The molecule has 4 nitrogen and oxygen atoms in total. The number of carbonyl (C=O) groups excluding carboxylic acids is 1. The second-order valence-corrected chi connectivity index (χ2v) is 5.39. The molecule has 17 heavy (non-hydrogen) atoms. The lowest BCUT2D eigenvalue weighted by Crippen LogP contribution is -2.47. The molecule has 0 aromatic carbocycles. The van der Waals surface area contributed by atoms with E-state index < -0.39 is 0 Å². The van der Waals surface area contributed by atoms with Crippen LogP contribution in [-0.2, 0) is 4.74 Å². The molecule has 4 heteroatoms. The van der Waals surface area contributed by atoms with Gasteiger partial charge in [0.25, 0.3) is 0 Å². The summed E-state index contributed by atoms with van der Waals surface area (Å²) in [5, 5.41) is 6.37. The highest BCUT2D eigenvalue weighted by atomic mass is 16.6. The van der Waals surface area contributed by atoms with E-state index in [0.29, 0.717) is 18.6 Å². The highest BCUT2D eigenvalue weighted by Gasteiger charge is 2.21. The van der Waals surface area contributed by atoms with E-state index in [1.54, 1.807) is 0 Å². The Morgan fingerprint density at radius 3 is 2.71 bits per heavy atom. The number of amides is 1. The molecule has 2 fully saturated rings. The molecule has 1 amide bonds. The number of ether oxygens (including phenoxy) is 1. The lowest BCUT2D eigenvalue weighted by Gasteiger charge is -2.28. The van der Waals surface area contributed by atoms with Crippen LogP contribution in [0.4, 0.5) is 4.79 Å². The van der Waals surface area contributed by atoms with Crippen molar-refractivity contribution in [2.24, 2.45) is 0 Å². The Bertz CT molecular complexity index is 252. The monoisotopic (exact) mass is 240 g/mol. The smallest absolute Gasteiger partial charge is 0.407 e. The van der Waals surface area contributed by atoms with Crippen molar-refractivity contribution in [1.82, 2.24) is 10.6 Å². The average molecular weight is 240 g/mol. The number of alkyl carbamates (subject to hydrolysis) is 1. The summed E-state index contributed by atoms with van der Waals surface area (Å²) in [4.78, 5) is 11.6. The van der Waals surface area contributed by atoms with Gasteiger partial charge in [-0.25, -0.2) is 4.79 Å². The van der Waals surface area contributed by atoms with Gasteiger partial charge in [-0.3, -0.25) is 0 Å². The van der Waals surface area contributed by atoms with Gasteiger partial charge >= 0.3 is 6.09 Å². The number of hydrogen-bond donors (Lipinski definition) is 2. The van der Waals surface area contributed by atoms with Gasteiger partial charge in [-0.05, 0) is 45.4 Å². The number of carbonyl (C=O) groups is 1. The van der Waals surface area contributed by atoms with Gasteiger partial charge in [-0.2, -0.15) is 0 Å². The van der Waals surface area contributed by atoms with Gasteiger partial charge in [0.2, 0.25) is 0 Å². The Morgan fingerprint density at radius 1 is 1.24 bits per heavy atom. The first-order chi connectivity index (χ1) is 8.24. The normalized spacial score (nSPS) is 30.2. The van der Waals surface area contributed by atoms with Gasteiger partial charge in [0.05, 0.1) is 0 Å². The predicted molar refractivity (Wildman–Crippen MR) is 67.0 cm³/mol. The maximum absolute atomic E-state index is 11.6. The molecule has 0 aromatic heterocycles. The molecule has 1 aliphatic carbocycles. The Kier molecular flexibility index (Phi) is 4.66. The molecule has 98 valence electrons. The summed E-state index contributed by atoms with van der Waals surface area (Å²) < 4.78 is 5.35. The summed E-state index contributed by atoms with van der Waals surface area (Å²) in [5.41, 5.74) is 0. The molecular weight excluding hydrogens is 216 g/mol. The van der Waals surface area contributed by atoms with E-state index in [-0.39, 0.29) is 12.2 Å². The largest absolute Gasteiger partial charge is 0.446 e. The first-order valence-corrected chi connectivity index (χ1v) is 6.94. The van der Waals surface area contributed by atoms with Crippen molar-refractivity contribution in [3.8, 4) is 0 Å². The van der Waals surface area contributed by atoms with Crippen molar-refractivity contribution in [2.45, 2.75) is 70.1 Å². The molecule has 1 saturated carbocycles. The maximum atomic E-state index is 11.6. The number of hydrogen-bond acceptors (Lipinski definition) is 3. The minimum Gasteiger partial charge on any atom is -0.446 e. The van der Waals surface area contributed by atoms with E-state index in [0.717, 1.165) is 19.3 Å². The Labute approximate surface area is 103 Å². The molecular formula is C13H24N2O2. The zero-order chi connectivity index (χ0) is 12.1. The van der Waals surface area contributed by atoms with E-state index >= 15 is 0 Å². The fourth-order valence-corrected chi connectivity index (χ4v) is 2.81. The van der Waals surface area contributed by atoms with Crippen LogP contribution in [0.2, 0.25) is 0 Å². The first kappa shape index (κ1) is 12.7. The number of nitrogens with one attached hydrogen (secondary N) is 2. The predicted octanol–water partition coefficient (Wildman–Crippen LogP) is 2.19. The van der Waals surface area contributed by atoms with Gasteiger partial charge in [0, 0.05) is 18.6 Å². The molecule has 0 bridgehead atoms. The topological polar surface area (TPSA) is 50.4 Å². The highest BCUT2D eigenvalue weighted by Crippen LogP contribution is 2.20. The van der Waals surface area contributed by atoms with Crippen LogP contribution in [0, 0.1) is 0 Å². The summed E-state index contributed by atoms with van der Waals surface area (Å²) in [7, 11) is 0. The molecule has 0 radical (unpaired) electrons. The molecule has 2 atom stereocenters. The minimum atomic E-state index is -0.239. The highest BCUT2D eigenvalue weighted by molar-refractivity contribution is 5.67. The van der Waals surface area contributed by atoms with Crippen LogP contribution in [0.5, 0.6) is 0 Å². The first-order valence-electron chi connectivity index (χ1n) is 6.94. The molecule has 1 saturated heterocycles.